The molecule has 46 heavy (non-hydrogen) atoms. The van der Waals surface area contributed by atoms with Gasteiger partial charge in [0.25, 0.3) is 0 Å². The first kappa shape index (κ1) is 28.2. The van der Waals surface area contributed by atoms with E-state index in [1.165, 1.54) is 11.1 Å². The van der Waals surface area contributed by atoms with Crippen LogP contribution in [0.4, 0.5) is 0 Å². The van der Waals surface area contributed by atoms with Crippen molar-refractivity contribution in [3.8, 4) is 34.2 Å². The molecular weight excluding hydrogens is 566 g/mol. The molecule has 5 nitrogen and oxygen atoms in total. The first-order valence-electron chi connectivity index (χ1n) is 15.8. The van der Waals surface area contributed by atoms with E-state index in [0.717, 1.165) is 60.6 Å². The summed E-state index contributed by atoms with van der Waals surface area (Å²) >= 11 is 0. The summed E-state index contributed by atoms with van der Waals surface area (Å²) in [7, 11) is 0. The third kappa shape index (κ3) is 4.66. The van der Waals surface area contributed by atoms with Crippen molar-refractivity contribution in [2.75, 3.05) is 0 Å². The molecule has 0 unspecified atom stereocenters. The van der Waals surface area contributed by atoms with E-state index in [1.54, 1.807) is 0 Å². The number of aromatic nitrogens is 3. The first-order valence-corrected chi connectivity index (χ1v) is 15.8. The van der Waals surface area contributed by atoms with Gasteiger partial charge in [0.1, 0.15) is 22.3 Å². The molecule has 0 aliphatic heterocycles. The van der Waals surface area contributed by atoms with Crippen LogP contribution in [0, 0.1) is 0 Å². The lowest BCUT2D eigenvalue weighted by atomic mass is 9.79. The number of fused-ring (bicyclic) bond motifs is 6. The van der Waals surface area contributed by atoms with Crippen LogP contribution in [0.15, 0.2) is 112 Å². The summed E-state index contributed by atoms with van der Waals surface area (Å²) < 4.78 is 12.5. The van der Waals surface area contributed by atoms with Crippen LogP contribution in [0.25, 0.3) is 78.0 Å². The summed E-state index contributed by atoms with van der Waals surface area (Å²) in [5.74, 6) is 1.83. The molecule has 8 rings (SSSR count). The van der Waals surface area contributed by atoms with Crippen LogP contribution < -0.4 is 0 Å². The fourth-order valence-electron chi connectivity index (χ4n) is 6.29. The molecule has 0 amide bonds. The maximum atomic E-state index is 6.26. The molecule has 0 bridgehead atoms. The van der Waals surface area contributed by atoms with Crippen molar-refractivity contribution in [1.82, 2.24) is 15.0 Å². The maximum Gasteiger partial charge on any atom is 0.164 e. The lowest BCUT2D eigenvalue weighted by Gasteiger charge is -2.26. The number of hydrogen-bond donors (Lipinski definition) is 0. The minimum atomic E-state index is -0.0582. The molecule has 0 spiro atoms. The highest BCUT2D eigenvalue weighted by Crippen LogP contribution is 2.40. The number of para-hydroxylation sites is 2. The molecule has 0 radical (unpaired) electrons. The molecule has 0 saturated carbocycles. The third-order valence-electron chi connectivity index (χ3n) is 8.85. The monoisotopic (exact) mass is 601 g/mol. The van der Waals surface area contributed by atoms with Crippen LogP contribution in [0.2, 0.25) is 0 Å². The smallest absolute Gasteiger partial charge is 0.164 e. The van der Waals surface area contributed by atoms with Crippen LogP contribution in [-0.2, 0) is 10.8 Å². The van der Waals surface area contributed by atoms with Gasteiger partial charge in [0, 0.05) is 38.2 Å². The molecule has 0 saturated heterocycles. The second kappa shape index (κ2) is 10.1. The first-order chi connectivity index (χ1) is 22.0. The Balaban J connectivity index is 1.46. The molecule has 0 atom stereocenters. The fourth-order valence-corrected chi connectivity index (χ4v) is 6.29. The Morgan fingerprint density at radius 3 is 1.30 bits per heavy atom. The number of benzene rings is 5. The average Bonchev–Trinajstić information content (AvgIpc) is 3.62. The Bertz CT molecular complexity index is 2290. The van der Waals surface area contributed by atoms with Crippen molar-refractivity contribution in [2.45, 2.75) is 52.4 Å². The molecule has 3 heterocycles. The Morgan fingerprint density at radius 2 is 0.848 bits per heavy atom. The summed E-state index contributed by atoms with van der Waals surface area (Å²) in [4.78, 5) is 15.7. The molecule has 0 aliphatic carbocycles. The minimum absolute atomic E-state index is 0.0582. The van der Waals surface area contributed by atoms with Gasteiger partial charge in [0.05, 0.1) is 0 Å². The van der Waals surface area contributed by atoms with E-state index < -0.39 is 0 Å². The molecule has 226 valence electrons. The Hall–Kier alpha value is -5.29. The van der Waals surface area contributed by atoms with Crippen molar-refractivity contribution in [1.29, 1.82) is 0 Å². The summed E-state index contributed by atoms with van der Waals surface area (Å²) in [5, 5.41) is 4.05. The molecule has 0 N–H and O–H groups in total. The quantitative estimate of drug-likeness (QED) is 0.202. The lowest BCUT2D eigenvalue weighted by Crippen LogP contribution is -2.16. The van der Waals surface area contributed by atoms with E-state index in [0.29, 0.717) is 17.5 Å². The van der Waals surface area contributed by atoms with E-state index >= 15 is 0 Å². The van der Waals surface area contributed by atoms with Crippen LogP contribution in [-0.4, -0.2) is 15.0 Å². The zero-order valence-corrected chi connectivity index (χ0v) is 27.0. The number of rotatable bonds is 3. The van der Waals surface area contributed by atoms with Gasteiger partial charge in [-0.05, 0) is 58.4 Å². The molecule has 0 aliphatic rings. The van der Waals surface area contributed by atoms with Crippen molar-refractivity contribution in [3.63, 3.8) is 0 Å². The predicted octanol–water partition coefficient (Wildman–Crippen LogP) is 11.3. The van der Waals surface area contributed by atoms with E-state index in [9.17, 15) is 0 Å². The number of nitrogens with zero attached hydrogens (tertiary/aromatic N) is 3. The van der Waals surface area contributed by atoms with Gasteiger partial charge < -0.3 is 8.83 Å². The topological polar surface area (TPSA) is 65.0 Å². The van der Waals surface area contributed by atoms with Gasteiger partial charge in [-0.3, -0.25) is 0 Å². The summed E-state index contributed by atoms with van der Waals surface area (Å²) in [6.07, 6.45) is 0. The number of hydrogen-bond acceptors (Lipinski definition) is 5. The summed E-state index contributed by atoms with van der Waals surface area (Å²) in [6, 6.07) is 35.2. The molecule has 0 fully saturated rings. The SMILES string of the molecule is CC(C)(C)c1cc(-c2nc(-c3cccc4oc5ccccc5c34)nc(-c3cccc4oc5ccccc5c34)n2)cc(C(C)(C)C)c1. The predicted molar refractivity (Wildman–Crippen MR) is 188 cm³/mol. The van der Waals surface area contributed by atoms with Crippen molar-refractivity contribution in [3.05, 3.63) is 114 Å². The minimum Gasteiger partial charge on any atom is -0.456 e. The highest BCUT2D eigenvalue weighted by atomic mass is 16.3. The van der Waals surface area contributed by atoms with Gasteiger partial charge in [0.2, 0.25) is 0 Å². The van der Waals surface area contributed by atoms with E-state index in [-0.39, 0.29) is 10.8 Å². The third-order valence-corrected chi connectivity index (χ3v) is 8.85. The zero-order chi connectivity index (χ0) is 31.8. The van der Waals surface area contributed by atoms with Crippen LogP contribution in [0.5, 0.6) is 0 Å². The van der Waals surface area contributed by atoms with Crippen molar-refractivity contribution >= 4 is 43.9 Å². The normalized spacial score (nSPS) is 12.6. The van der Waals surface area contributed by atoms with Crippen LogP contribution in [0.3, 0.4) is 0 Å². The Kier molecular flexibility index (Phi) is 6.20. The largest absolute Gasteiger partial charge is 0.456 e. The molecule has 3 aromatic heterocycles. The fraction of sp³-hybridized carbons (Fsp3) is 0.195. The van der Waals surface area contributed by atoms with Gasteiger partial charge in [0.15, 0.2) is 17.5 Å². The lowest BCUT2D eigenvalue weighted by molar-refractivity contribution is 0.569. The highest BCUT2D eigenvalue weighted by Gasteiger charge is 2.24. The van der Waals surface area contributed by atoms with Gasteiger partial charge in [-0.1, -0.05) is 108 Å². The van der Waals surface area contributed by atoms with Gasteiger partial charge in [-0.25, -0.2) is 15.0 Å². The standard InChI is InChI=1S/C41H35N3O2/c1-40(2,3)25-21-24(22-26(23-25)41(4,5)6)37-42-38(29-15-11-19-33-35(29)27-13-7-9-17-31(27)45-33)44-39(43-37)30-16-12-20-34-36(30)28-14-8-10-18-32(28)46-34/h7-23H,1-6H3. The molecule has 8 aromatic rings. The van der Waals surface area contributed by atoms with Gasteiger partial charge >= 0.3 is 0 Å². The van der Waals surface area contributed by atoms with Crippen LogP contribution in [0.1, 0.15) is 52.7 Å². The van der Waals surface area contributed by atoms with Crippen molar-refractivity contribution < 1.29 is 8.83 Å². The zero-order valence-electron chi connectivity index (χ0n) is 27.0. The summed E-state index contributed by atoms with van der Waals surface area (Å²) in [6.45, 7) is 13.5. The second-order valence-corrected chi connectivity index (χ2v) is 14.2. The van der Waals surface area contributed by atoms with Gasteiger partial charge in [-0.2, -0.15) is 0 Å². The van der Waals surface area contributed by atoms with E-state index in [1.807, 2.05) is 60.7 Å². The van der Waals surface area contributed by atoms with E-state index in [2.05, 4.69) is 84.0 Å². The Morgan fingerprint density at radius 1 is 0.435 bits per heavy atom. The Labute approximate surface area is 267 Å². The van der Waals surface area contributed by atoms with Crippen LogP contribution >= 0.6 is 0 Å². The van der Waals surface area contributed by atoms with Gasteiger partial charge in [-0.15, -0.1) is 0 Å². The second-order valence-electron chi connectivity index (χ2n) is 14.2. The number of furan rings is 2. The molecule has 5 aromatic carbocycles. The average molecular weight is 602 g/mol. The summed E-state index contributed by atoms with van der Waals surface area (Å²) in [5.41, 5.74) is 8.41. The molecule has 5 heteroatoms. The highest BCUT2D eigenvalue weighted by molar-refractivity contribution is 6.13. The van der Waals surface area contributed by atoms with E-state index in [4.69, 9.17) is 23.8 Å². The maximum absolute atomic E-state index is 6.26. The van der Waals surface area contributed by atoms with Crippen molar-refractivity contribution in [2.24, 2.45) is 0 Å². The molecular formula is C41H35N3O2.